The Morgan fingerprint density at radius 2 is 1.90 bits per heavy atom. The third kappa shape index (κ3) is 5.57. The van der Waals surface area contributed by atoms with Crippen molar-refractivity contribution < 1.29 is 32.6 Å². The Kier molecular flexibility index (Phi) is 5.52. The van der Waals surface area contributed by atoms with E-state index in [-0.39, 0.29) is 10.2 Å². The fourth-order valence-electron chi connectivity index (χ4n) is 1.25. The van der Waals surface area contributed by atoms with Crippen LogP contribution in [0.5, 0.6) is 0 Å². The number of hydrogen-bond donors (Lipinski definition) is 2. The van der Waals surface area contributed by atoms with E-state index in [4.69, 9.17) is 5.11 Å². The van der Waals surface area contributed by atoms with Crippen LogP contribution in [0.15, 0.2) is 22.7 Å². The van der Waals surface area contributed by atoms with Crippen molar-refractivity contribution in [2.75, 3.05) is 18.5 Å². The molecule has 110 valence electrons. The van der Waals surface area contributed by atoms with E-state index in [9.17, 15) is 22.8 Å². The highest BCUT2D eigenvalue weighted by molar-refractivity contribution is 9.10. The number of carboxylic acid groups (broad SMARTS) is 1. The average molecular weight is 356 g/mol. The summed E-state index contributed by atoms with van der Waals surface area (Å²) in [5.74, 6) is -2.00. The molecule has 0 aliphatic carbocycles. The summed E-state index contributed by atoms with van der Waals surface area (Å²) >= 11 is 2.91. The molecule has 0 unspecified atom stereocenters. The minimum absolute atomic E-state index is 0.0735. The predicted octanol–water partition coefficient (Wildman–Crippen LogP) is 2.51. The SMILES string of the molecule is O=C(O)COCC(=O)Nc1cc(Br)cc(C(F)(F)F)c1. The molecular formula is C11H9BrF3NO4. The molecule has 0 saturated heterocycles. The van der Waals surface area contributed by atoms with Gasteiger partial charge in [-0.2, -0.15) is 13.2 Å². The summed E-state index contributed by atoms with van der Waals surface area (Å²) in [6.07, 6.45) is -4.54. The second-order valence-corrected chi connectivity index (χ2v) is 4.58. The Balaban J connectivity index is 2.70. The van der Waals surface area contributed by atoms with Crippen molar-refractivity contribution in [2.24, 2.45) is 0 Å². The van der Waals surface area contributed by atoms with Crippen molar-refractivity contribution in [1.82, 2.24) is 0 Å². The van der Waals surface area contributed by atoms with Crippen LogP contribution < -0.4 is 5.32 Å². The van der Waals surface area contributed by atoms with Gasteiger partial charge in [-0.3, -0.25) is 4.79 Å². The molecule has 0 atom stereocenters. The van der Waals surface area contributed by atoms with Crippen LogP contribution in [0.25, 0.3) is 0 Å². The number of alkyl halides is 3. The van der Waals surface area contributed by atoms with E-state index in [1.165, 1.54) is 6.07 Å². The van der Waals surface area contributed by atoms with Crippen LogP contribution in [0.2, 0.25) is 0 Å². The molecule has 0 bridgehead atoms. The first-order chi connectivity index (χ1) is 9.18. The van der Waals surface area contributed by atoms with Gasteiger partial charge in [0.25, 0.3) is 0 Å². The number of hydrogen-bond acceptors (Lipinski definition) is 3. The van der Waals surface area contributed by atoms with Crippen molar-refractivity contribution in [3.63, 3.8) is 0 Å². The zero-order valence-corrected chi connectivity index (χ0v) is 11.4. The van der Waals surface area contributed by atoms with Gasteiger partial charge in [0.15, 0.2) is 0 Å². The number of carbonyl (C=O) groups is 2. The van der Waals surface area contributed by atoms with Crippen LogP contribution in [-0.4, -0.2) is 30.2 Å². The zero-order chi connectivity index (χ0) is 15.3. The average Bonchev–Trinajstić information content (AvgIpc) is 2.26. The van der Waals surface area contributed by atoms with Crippen molar-refractivity contribution in [3.8, 4) is 0 Å². The number of anilines is 1. The maximum absolute atomic E-state index is 12.6. The van der Waals surface area contributed by atoms with E-state index in [0.29, 0.717) is 0 Å². The van der Waals surface area contributed by atoms with Gasteiger partial charge in [0.1, 0.15) is 13.2 Å². The van der Waals surface area contributed by atoms with E-state index in [2.05, 4.69) is 26.0 Å². The van der Waals surface area contributed by atoms with Crippen LogP contribution in [-0.2, 0) is 20.5 Å². The number of halogens is 4. The molecule has 20 heavy (non-hydrogen) atoms. The number of amides is 1. The molecule has 2 N–H and O–H groups in total. The van der Waals surface area contributed by atoms with Crippen molar-refractivity contribution in [1.29, 1.82) is 0 Å². The van der Waals surface area contributed by atoms with Gasteiger partial charge in [-0.25, -0.2) is 4.79 Å². The Hall–Kier alpha value is -1.61. The Labute approximate surface area is 119 Å². The molecule has 1 aromatic carbocycles. The zero-order valence-electron chi connectivity index (χ0n) is 9.83. The summed E-state index contributed by atoms with van der Waals surface area (Å²) < 4.78 is 42.3. The number of benzene rings is 1. The number of aliphatic carboxylic acids is 1. The highest BCUT2D eigenvalue weighted by Crippen LogP contribution is 2.33. The normalized spacial score (nSPS) is 11.2. The van der Waals surface area contributed by atoms with Crippen LogP contribution in [0, 0.1) is 0 Å². The van der Waals surface area contributed by atoms with Gasteiger partial charge in [0.2, 0.25) is 5.91 Å². The van der Waals surface area contributed by atoms with E-state index in [0.717, 1.165) is 12.1 Å². The minimum atomic E-state index is -4.54. The molecule has 9 heteroatoms. The van der Waals surface area contributed by atoms with Gasteiger partial charge in [-0.1, -0.05) is 15.9 Å². The van der Waals surface area contributed by atoms with Gasteiger partial charge in [-0.05, 0) is 18.2 Å². The first-order valence-electron chi connectivity index (χ1n) is 5.15. The third-order valence-corrected chi connectivity index (χ3v) is 2.43. The van der Waals surface area contributed by atoms with E-state index < -0.39 is 36.8 Å². The quantitative estimate of drug-likeness (QED) is 0.850. The number of carboxylic acids is 1. The lowest BCUT2D eigenvalue weighted by atomic mass is 10.2. The maximum Gasteiger partial charge on any atom is 0.416 e. The third-order valence-electron chi connectivity index (χ3n) is 1.97. The lowest BCUT2D eigenvalue weighted by molar-refractivity contribution is -0.143. The van der Waals surface area contributed by atoms with Crippen molar-refractivity contribution in [2.45, 2.75) is 6.18 Å². The molecule has 1 rings (SSSR count). The number of rotatable bonds is 5. The summed E-state index contributed by atoms with van der Waals surface area (Å²) in [5.41, 5.74) is -0.996. The highest BCUT2D eigenvalue weighted by atomic mass is 79.9. The number of carbonyl (C=O) groups excluding carboxylic acids is 1. The molecule has 1 amide bonds. The van der Waals surface area contributed by atoms with Gasteiger partial charge in [0, 0.05) is 10.2 Å². The summed E-state index contributed by atoms with van der Waals surface area (Å²) in [6, 6.07) is 2.92. The van der Waals surface area contributed by atoms with Gasteiger partial charge < -0.3 is 15.2 Å². The standard InChI is InChI=1S/C11H9BrF3NO4/c12-7-1-6(11(13,14)15)2-8(3-7)16-9(17)4-20-5-10(18)19/h1-3H,4-5H2,(H,16,17)(H,18,19). The topological polar surface area (TPSA) is 75.6 Å². The molecule has 0 aliphatic heterocycles. The molecule has 0 aromatic heterocycles. The summed E-state index contributed by atoms with van der Waals surface area (Å²) in [5, 5.41) is 10.5. The van der Waals surface area contributed by atoms with Crippen molar-refractivity contribution in [3.05, 3.63) is 28.2 Å². The van der Waals surface area contributed by atoms with Crippen LogP contribution in [0.1, 0.15) is 5.56 Å². The Morgan fingerprint density at radius 1 is 1.25 bits per heavy atom. The lowest BCUT2D eigenvalue weighted by Gasteiger charge is -2.11. The molecule has 0 aliphatic rings. The monoisotopic (exact) mass is 355 g/mol. The first kappa shape index (κ1) is 16.4. The molecule has 0 radical (unpaired) electrons. The van der Waals surface area contributed by atoms with Crippen LogP contribution in [0.3, 0.4) is 0 Å². The molecular weight excluding hydrogens is 347 g/mol. The molecule has 5 nitrogen and oxygen atoms in total. The van der Waals surface area contributed by atoms with Crippen molar-refractivity contribution >= 4 is 33.5 Å². The summed E-state index contributed by atoms with van der Waals surface area (Å²) in [6.45, 7) is -1.24. The van der Waals surface area contributed by atoms with E-state index >= 15 is 0 Å². The predicted molar refractivity (Wildman–Crippen MR) is 66.2 cm³/mol. The Bertz CT molecular complexity index is 519. The highest BCUT2D eigenvalue weighted by Gasteiger charge is 2.31. The molecule has 1 aromatic rings. The minimum Gasteiger partial charge on any atom is -0.480 e. The lowest BCUT2D eigenvalue weighted by Crippen LogP contribution is -2.21. The summed E-state index contributed by atoms with van der Waals surface area (Å²) in [4.78, 5) is 21.5. The molecule has 0 heterocycles. The molecule has 0 saturated carbocycles. The second-order valence-electron chi connectivity index (χ2n) is 3.66. The maximum atomic E-state index is 12.6. The van der Waals surface area contributed by atoms with Gasteiger partial charge >= 0.3 is 12.1 Å². The fourth-order valence-corrected chi connectivity index (χ4v) is 1.75. The largest absolute Gasteiger partial charge is 0.480 e. The number of nitrogens with one attached hydrogen (secondary N) is 1. The van der Waals surface area contributed by atoms with Crippen LogP contribution in [0.4, 0.5) is 18.9 Å². The molecule has 0 fully saturated rings. The first-order valence-corrected chi connectivity index (χ1v) is 5.95. The Morgan fingerprint density at radius 3 is 2.45 bits per heavy atom. The fraction of sp³-hybridized carbons (Fsp3) is 0.273. The van der Waals surface area contributed by atoms with Crippen LogP contribution >= 0.6 is 15.9 Å². The number of ether oxygens (including phenoxy) is 1. The summed E-state index contributed by atoms with van der Waals surface area (Å²) in [7, 11) is 0. The van der Waals surface area contributed by atoms with E-state index in [1.54, 1.807) is 0 Å². The smallest absolute Gasteiger partial charge is 0.416 e. The van der Waals surface area contributed by atoms with Gasteiger partial charge in [-0.15, -0.1) is 0 Å². The molecule has 0 spiro atoms. The van der Waals surface area contributed by atoms with Gasteiger partial charge in [0.05, 0.1) is 5.56 Å². The van der Waals surface area contributed by atoms with E-state index in [1.807, 2.05) is 0 Å². The second kappa shape index (κ2) is 6.71.